The third-order valence-electron chi connectivity index (χ3n) is 3.02. The van der Waals surface area contributed by atoms with Crippen molar-refractivity contribution >= 4 is 28.8 Å². The smallest absolute Gasteiger partial charge is 0.320 e. The van der Waals surface area contributed by atoms with Crippen LogP contribution in [0, 0.1) is 17.8 Å². The number of rotatable bonds is 6. The summed E-state index contributed by atoms with van der Waals surface area (Å²) in [6.45, 7) is 9.57. The van der Waals surface area contributed by atoms with Crippen molar-refractivity contribution < 1.29 is 23.9 Å². The lowest BCUT2D eigenvalue weighted by molar-refractivity contribution is -0.162. The van der Waals surface area contributed by atoms with Crippen LogP contribution in [0.4, 0.5) is 0 Å². The van der Waals surface area contributed by atoms with E-state index in [2.05, 4.69) is 0 Å². The van der Waals surface area contributed by atoms with Gasteiger partial charge in [0.25, 0.3) is 0 Å². The van der Waals surface area contributed by atoms with Crippen LogP contribution in [0.2, 0.25) is 0 Å². The molecule has 0 unspecified atom stereocenters. The van der Waals surface area contributed by atoms with Crippen molar-refractivity contribution in [2.75, 3.05) is 14.2 Å². The van der Waals surface area contributed by atoms with Crippen LogP contribution in [0.25, 0.3) is 0 Å². The summed E-state index contributed by atoms with van der Waals surface area (Å²) in [4.78, 5) is 35.9. The summed E-state index contributed by atoms with van der Waals surface area (Å²) >= 11 is 1.22. The lowest BCUT2D eigenvalue weighted by atomic mass is 9.81. The zero-order chi connectivity index (χ0) is 16.8. The van der Waals surface area contributed by atoms with Gasteiger partial charge in [0.15, 0.2) is 11.0 Å². The molecule has 0 bridgehead atoms. The number of ether oxygens (including phenoxy) is 2. The molecule has 0 saturated carbocycles. The van der Waals surface area contributed by atoms with Crippen molar-refractivity contribution in [3.05, 3.63) is 0 Å². The van der Waals surface area contributed by atoms with Crippen LogP contribution in [0.15, 0.2) is 0 Å². The van der Waals surface area contributed by atoms with Crippen molar-refractivity contribution in [3.8, 4) is 0 Å². The van der Waals surface area contributed by atoms with Crippen LogP contribution in [0.3, 0.4) is 0 Å². The minimum absolute atomic E-state index is 0.0299. The third-order valence-corrected chi connectivity index (χ3v) is 4.02. The van der Waals surface area contributed by atoms with Gasteiger partial charge >= 0.3 is 11.9 Å². The van der Waals surface area contributed by atoms with Gasteiger partial charge in [0.2, 0.25) is 0 Å². The van der Waals surface area contributed by atoms with Gasteiger partial charge in [-0.3, -0.25) is 14.4 Å². The average molecular weight is 318 g/mol. The second-order valence-corrected chi connectivity index (χ2v) is 8.11. The highest BCUT2D eigenvalue weighted by atomic mass is 32.2. The lowest BCUT2D eigenvalue weighted by Crippen LogP contribution is -2.37. The van der Waals surface area contributed by atoms with E-state index in [4.69, 9.17) is 9.47 Å². The molecule has 0 aromatic rings. The molecule has 1 atom stereocenters. The lowest BCUT2D eigenvalue weighted by Gasteiger charge is -2.27. The van der Waals surface area contributed by atoms with Gasteiger partial charge in [-0.15, -0.1) is 0 Å². The van der Waals surface area contributed by atoms with E-state index in [0.29, 0.717) is 0 Å². The fourth-order valence-electron chi connectivity index (χ4n) is 2.01. The van der Waals surface area contributed by atoms with Crippen molar-refractivity contribution in [3.63, 3.8) is 0 Å². The quantitative estimate of drug-likeness (QED) is 0.554. The SMILES string of the molecule is COC(=O)C(C(=O)OC)[C@@H](CC(=O)SC(C)(C)C)C(C)C. The van der Waals surface area contributed by atoms with Gasteiger partial charge in [-0.25, -0.2) is 0 Å². The van der Waals surface area contributed by atoms with Crippen LogP contribution < -0.4 is 0 Å². The third kappa shape index (κ3) is 6.98. The molecule has 0 aliphatic heterocycles. The molecule has 0 spiro atoms. The summed E-state index contributed by atoms with van der Waals surface area (Å²) in [6, 6.07) is 0. The topological polar surface area (TPSA) is 69.7 Å². The molecule has 5 nitrogen and oxygen atoms in total. The molecule has 0 aromatic heterocycles. The first-order valence-corrected chi connectivity index (χ1v) is 7.72. The summed E-state index contributed by atoms with van der Waals surface area (Å²) in [5.74, 6) is -2.85. The van der Waals surface area contributed by atoms with Gasteiger partial charge in [0, 0.05) is 11.2 Å². The fraction of sp³-hybridized carbons (Fsp3) is 0.800. The van der Waals surface area contributed by atoms with Gasteiger partial charge in [-0.05, 0) is 11.8 Å². The molecule has 0 heterocycles. The van der Waals surface area contributed by atoms with Crippen molar-refractivity contribution in [2.24, 2.45) is 17.8 Å². The zero-order valence-electron chi connectivity index (χ0n) is 13.9. The first-order valence-electron chi connectivity index (χ1n) is 6.91. The van der Waals surface area contributed by atoms with Gasteiger partial charge < -0.3 is 9.47 Å². The van der Waals surface area contributed by atoms with E-state index in [1.807, 2.05) is 34.6 Å². The second kappa shape index (κ2) is 8.41. The van der Waals surface area contributed by atoms with E-state index in [0.717, 1.165) is 0 Å². The number of hydrogen-bond donors (Lipinski definition) is 0. The van der Waals surface area contributed by atoms with Gasteiger partial charge in [-0.2, -0.15) is 0 Å². The molecule has 0 aliphatic carbocycles. The molecule has 122 valence electrons. The largest absolute Gasteiger partial charge is 0.468 e. The molecule has 0 fully saturated rings. The fourth-order valence-corrected chi connectivity index (χ4v) is 2.97. The number of carbonyl (C=O) groups is 3. The Bertz CT molecular complexity index is 368. The van der Waals surface area contributed by atoms with Crippen LogP contribution in [-0.2, 0) is 23.9 Å². The Morgan fingerprint density at radius 1 is 1.00 bits per heavy atom. The van der Waals surface area contributed by atoms with Crippen LogP contribution in [-0.4, -0.2) is 36.0 Å². The molecular weight excluding hydrogens is 292 g/mol. The Labute approximate surface area is 131 Å². The summed E-state index contributed by atoms with van der Waals surface area (Å²) in [7, 11) is 2.45. The van der Waals surface area contributed by atoms with Crippen LogP contribution in [0.5, 0.6) is 0 Å². The number of esters is 2. The first-order chi connectivity index (χ1) is 9.53. The van der Waals surface area contributed by atoms with E-state index in [9.17, 15) is 14.4 Å². The van der Waals surface area contributed by atoms with Crippen molar-refractivity contribution in [1.82, 2.24) is 0 Å². The molecule has 21 heavy (non-hydrogen) atoms. The maximum absolute atomic E-state index is 12.2. The standard InChI is InChI=1S/C15H26O5S/c1-9(2)10(8-11(16)21-15(3,4)5)12(13(17)19-6)14(18)20-7/h9-10,12H,8H2,1-7H3/t10-/m0/s1. The van der Waals surface area contributed by atoms with Gasteiger partial charge in [0.05, 0.1) is 14.2 Å². The summed E-state index contributed by atoms with van der Waals surface area (Å²) in [6.07, 6.45) is 0.133. The number of methoxy groups -OCH3 is 2. The van der Waals surface area contributed by atoms with E-state index in [-0.39, 0.29) is 22.2 Å². The Kier molecular flexibility index (Phi) is 8.00. The molecule has 0 saturated heterocycles. The normalized spacial score (nSPS) is 13.2. The molecular formula is C15H26O5S. The van der Waals surface area contributed by atoms with E-state index in [1.54, 1.807) is 0 Å². The van der Waals surface area contributed by atoms with E-state index >= 15 is 0 Å². The Hall–Kier alpha value is -1.04. The Morgan fingerprint density at radius 3 is 1.71 bits per heavy atom. The van der Waals surface area contributed by atoms with Crippen molar-refractivity contribution in [1.29, 1.82) is 0 Å². The molecule has 0 aromatic carbocycles. The highest BCUT2D eigenvalue weighted by molar-refractivity contribution is 8.14. The molecule has 0 amide bonds. The molecule has 6 heteroatoms. The monoisotopic (exact) mass is 318 g/mol. The number of thioether (sulfide) groups is 1. The average Bonchev–Trinajstić information content (AvgIpc) is 2.34. The zero-order valence-corrected chi connectivity index (χ0v) is 14.7. The summed E-state index contributed by atoms with van der Waals surface area (Å²) in [5, 5.41) is -0.0426. The summed E-state index contributed by atoms with van der Waals surface area (Å²) < 4.78 is 9.18. The highest BCUT2D eigenvalue weighted by Gasteiger charge is 2.40. The number of carbonyl (C=O) groups excluding carboxylic acids is 3. The molecule has 0 radical (unpaired) electrons. The maximum Gasteiger partial charge on any atom is 0.320 e. The highest BCUT2D eigenvalue weighted by Crippen LogP contribution is 2.32. The Morgan fingerprint density at radius 2 is 1.43 bits per heavy atom. The molecule has 0 aliphatic rings. The predicted molar refractivity (Wildman–Crippen MR) is 82.8 cm³/mol. The van der Waals surface area contributed by atoms with Crippen LogP contribution in [0.1, 0.15) is 41.0 Å². The van der Waals surface area contributed by atoms with Crippen LogP contribution >= 0.6 is 11.8 Å². The van der Waals surface area contributed by atoms with Crippen molar-refractivity contribution in [2.45, 2.75) is 45.8 Å². The second-order valence-electron chi connectivity index (χ2n) is 6.22. The van der Waals surface area contributed by atoms with E-state index < -0.39 is 23.8 Å². The number of hydrogen-bond acceptors (Lipinski definition) is 6. The van der Waals surface area contributed by atoms with E-state index in [1.165, 1.54) is 26.0 Å². The minimum Gasteiger partial charge on any atom is -0.468 e. The first kappa shape index (κ1) is 20.0. The minimum atomic E-state index is -1.07. The van der Waals surface area contributed by atoms with Gasteiger partial charge in [0.1, 0.15) is 0 Å². The predicted octanol–water partition coefficient (Wildman–Crippen LogP) is 2.67. The molecule has 0 N–H and O–H groups in total. The Balaban J connectivity index is 5.20. The molecule has 0 rings (SSSR count). The summed E-state index contributed by atoms with van der Waals surface area (Å²) in [5.41, 5.74) is 0. The maximum atomic E-state index is 12.2. The van der Waals surface area contributed by atoms with Gasteiger partial charge in [-0.1, -0.05) is 46.4 Å².